The van der Waals surface area contributed by atoms with Crippen LogP contribution < -0.4 is 4.72 Å². The van der Waals surface area contributed by atoms with Gasteiger partial charge in [0.15, 0.2) is 0 Å². The number of piperidine rings is 1. The van der Waals surface area contributed by atoms with Gasteiger partial charge < -0.3 is 9.80 Å². The van der Waals surface area contributed by atoms with E-state index in [9.17, 15) is 18.0 Å². The molecule has 0 aliphatic carbocycles. The fourth-order valence-corrected chi connectivity index (χ4v) is 4.73. The molecular weight excluding hydrogens is 414 g/mol. The van der Waals surface area contributed by atoms with Gasteiger partial charge in [0.25, 0.3) is 0 Å². The number of benzene rings is 1. The lowest BCUT2D eigenvalue weighted by Gasteiger charge is -2.34. The first-order valence-corrected chi connectivity index (χ1v) is 11.8. The molecule has 1 aliphatic heterocycles. The van der Waals surface area contributed by atoms with Crippen LogP contribution in [0, 0.1) is 5.92 Å². The molecule has 1 aliphatic rings. The highest BCUT2D eigenvalue weighted by molar-refractivity contribution is 7.89. The van der Waals surface area contributed by atoms with Crippen LogP contribution in [-0.2, 0) is 19.6 Å². The van der Waals surface area contributed by atoms with E-state index in [0.717, 1.165) is 19.4 Å². The molecule has 2 rings (SSSR count). The van der Waals surface area contributed by atoms with Crippen molar-refractivity contribution in [2.24, 2.45) is 5.92 Å². The zero-order chi connectivity index (χ0) is 21.6. The lowest BCUT2D eigenvalue weighted by atomic mass is 9.95. The van der Waals surface area contributed by atoms with Crippen LogP contribution in [-0.4, -0.2) is 62.8 Å². The number of rotatable bonds is 8. The summed E-state index contributed by atoms with van der Waals surface area (Å²) in [5, 5.41) is 0.436. The summed E-state index contributed by atoms with van der Waals surface area (Å²) in [5.74, 6) is -0.239. The molecule has 0 aromatic heterocycles. The van der Waals surface area contributed by atoms with E-state index in [1.165, 1.54) is 31.2 Å². The number of hydrogen-bond acceptors (Lipinski definition) is 4. The number of nitrogens with zero attached hydrogens (tertiary/aromatic N) is 2. The van der Waals surface area contributed by atoms with Crippen molar-refractivity contribution in [1.29, 1.82) is 0 Å². The van der Waals surface area contributed by atoms with E-state index in [2.05, 4.69) is 11.6 Å². The third-order valence-corrected chi connectivity index (χ3v) is 7.01. The summed E-state index contributed by atoms with van der Waals surface area (Å²) in [6.45, 7) is 5.27. The Labute approximate surface area is 178 Å². The predicted octanol–water partition coefficient (Wildman–Crippen LogP) is 2.50. The molecule has 2 amide bonds. The second kappa shape index (κ2) is 10.4. The number of carbonyl (C=O) groups excluding carboxylic acids is 2. The van der Waals surface area contributed by atoms with Gasteiger partial charge in [-0.2, -0.15) is 4.72 Å². The molecule has 0 bridgehead atoms. The Bertz CT molecular complexity index is 806. The molecule has 1 atom stereocenters. The van der Waals surface area contributed by atoms with Gasteiger partial charge in [0.2, 0.25) is 21.8 Å². The largest absolute Gasteiger partial charge is 0.346 e. The number of halogens is 1. The monoisotopic (exact) mass is 443 g/mol. The van der Waals surface area contributed by atoms with Crippen molar-refractivity contribution < 1.29 is 18.0 Å². The lowest BCUT2D eigenvalue weighted by Crippen LogP contribution is -2.50. The van der Waals surface area contributed by atoms with Crippen molar-refractivity contribution in [3.8, 4) is 0 Å². The van der Waals surface area contributed by atoms with Gasteiger partial charge in [-0.05, 0) is 50.5 Å². The van der Waals surface area contributed by atoms with Gasteiger partial charge in [-0.1, -0.05) is 24.9 Å². The first kappa shape index (κ1) is 23.6. The Morgan fingerprint density at radius 2 is 1.83 bits per heavy atom. The molecule has 7 nitrogen and oxygen atoms in total. The minimum Gasteiger partial charge on any atom is -0.346 e. The maximum Gasteiger partial charge on any atom is 0.241 e. The first-order valence-electron chi connectivity index (χ1n) is 9.97. The van der Waals surface area contributed by atoms with E-state index >= 15 is 0 Å². The predicted molar refractivity (Wildman–Crippen MR) is 113 cm³/mol. The standard InChI is InChI=1S/C20H30ClN3O4S/c1-4-5-12-23(3)20(26)16-10-13-24(14-11-16)19(25)15(2)22-29(27,28)18-8-6-17(21)7-9-18/h6-9,15-16,22H,4-5,10-14H2,1-3H3/t15-/m0/s1. The number of nitrogens with one attached hydrogen (secondary N) is 1. The summed E-state index contributed by atoms with van der Waals surface area (Å²) in [7, 11) is -2.00. The second-order valence-electron chi connectivity index (χ2n) is 7.51. The van der Waals surface area contributed by atoms with Crippen molar-refractivity contribution >= 4 is 33.4 Å². The summed E-state index contributed by atoms with van der Waals surface area (Å²) in [6, 6.07) is 4.88. The van der Waals surface area contributed by atoms with Gasteiger partial charge >= 0.3 is 0 Å². The minimum atomic E-state index is -3.82. The Kier molecular flexibility index (Phi) is 8.48. The molecule has 0 saturated carbocycles. The topological polar surface area (TPSA) is 86.8 Å². The van der Waals surface area contributed by atoms with Crippen LogP contribution >= 0.6 is 11.6 Å². The molecule has 1 N–H and O–H groups in total. The Morgan fingerprint density at radius 3 is 2.38 bits per heavy atom. The lowest BCUT2D eigenvalue weighted by molar-refractivity contribution is -0.140. The molecule has 29 heavy (non-hydrogen) atoms. The molecule has 1 fully saturated rings. The molecular formula is C20H30ClN3O4S. The van der Waals surface area contributed by atoms with Crippen molar-refractivity contribution in [3.05, 3.63) is 29.3 Å². The molecule has 9 heteroatoms. The summed E-state index contributed by atoms with van der Waals surface area (Å²) in [6.07, 6.45) is 3.20. The van der Waals surface area contributed by atoms with E-state index in [0.29, 0.717) is 31.0 Å². The molecule has 0 unspecified atom stereocenters. The number of sulfonamides is 1. The van der Waals surface area contributed by atoms with E-state index in [-0.39, 0.29) is 22.6 Å². The minimum absolute atomic E-state index is 0.0565. The zero-order valence-electron chi connectivity index (χ0n) is 17.2. The van der Waals surface area contributed by atoms with Gasteiger partial charge in [0.1, 0.15) is 0 Å². The Hall–Kier alpha value is -1.64. The first-order chi connectivity index (χ1) is 13.7. The molecule has 1 heterocycles. The van der Waals surface area contributed by atoms with Gasteiger partial charge in [-0.25, -0.2) is 8.42 Å². The maximum absolute atomic E-state index is 12.7. The second-order valence-corrected chi connectivity index (χ2v) is 9.66. The van der Waals surface area contributed by atoms with Crippen LogP contribution in [0.5, 0.6) is 0 Å². The van der Waals surface area contributed by atoms with Crippen molar-refractivity contribution in [1.82, 2.24) is 14.5 Å². The SMILES string of the molecule is CCCCN(C)C(=O)C1CCN(C(=O)[C@H](C)NS(=O)(=O)c2ccc(Cl)cc2)CC1. The number of likely N-dealkylation sites (tertiary alicyclic amines) is 1. The average molecular weight is 444 g/mol. The van der Waals surface area contributed by atoms with Crippen LogP contribution in [0.4, 0.5) is 0 Å². The van der Waals surface area contributed by atoms with E-state index in [4.69, 9.17) is 11.6 Å². The van der Waals surface area contributed by atoms with E-state index in [1.54, 1.807) is 9.80 Å². The summed E-state index contributed by atoms with van der Waals surface area (Å²) >= 11 is 5.79. The van der Waals surface area contributed by atoms with Crippen LogP contribution in [0.3, 0.4) is 0 Å². The van der Waals surface area contributed by atoms with E-state index in [1.807, 2.05) is 7.05 Å². The smallest absolute Gasteiger partial charge is 0.241 e. The summed E-state index contributed by atoms with van der Waals surface area (Å²) < 4.78 is 27.4. The van der Waals surface area contributed by atoms with Crippen LogP contribution in [0.25, 0.3) is 0 Å². The van der Waals surface area contributed by atoms with Crippen molar-refractivity contribution in [2.75, 3.05) is 26.7 Å². The van der Waals surface area contributed by atoms with Crippen LogP contribution in [0.1, 0.15) is 39.5 Å². The van der Waals surface area contributed by atoms with Gasteiger partial charge in [-0.15, -0.1) is 0 Å². The highest BCUT2D eigenvalue weighted by atomic mass is 35.5. The highest BCUT2D eigenvalue weighted by Gasteiger charge is 2.32. The molecule has 0 spiro atoms. The van der Waals surface area contributed by atoms with Gasteiger partial charge in [0, 0.05) is 37.6 Å². The molecule has 1 aromatic carbocycles. The number of unbranched alkanes of at least 4 members (excludes halogenated alkanes) is 1. The number of carbonyl (C=O) groups is 2. The Balaban J connectivity index is 1.89. The van der Waals surface area contributed by atoms with Crippen LogP contribution in [0.15, 0.2) is 29.2 Å². The fraction of sp³-hybridized carbons (Fsp3) is 0.600. The third kappa shape index (κ3) is 6.42. The maximum atomic E-state index is 12.7. The average Bonchev–Trinajstić information content (AvgIpc) is 2.71. The van der Waals surface area contributed by atoms with Crippen molar-refractivity contribution in [2.45, 2.75) is 50.5 Å². The zero-order valence-corrected chi connectivity index (χ0v) is 18.8. The highest BCUT2D eigenvalue weighted by Crippen LogP contribution is 2.21. The third-order valence-electron chi connectivity index (χ3n) is 5.21. The van der Waals surface area contributed by atoms with Gasteiger partial charge in [0.05, 0.1) is 10.9 Å². The summed E-state index contributed by atoms with van der Waals surface area (Å²) in [5.41, 5.74) is 0. The van der Waals surface area contributed by atoms with Gasteiger partial charge in [-0.3, -0.25) is 9.59 Å². The quantitative estimate of drug-likeness (QED) is 0.668. The normalized spacial score (nSPS) is 16.5. The molecule has 1 aromatic rings. The molecule has 0 radical (unpaired) electrons. The fourth-order valence-electron chi connectivity index (χ4n) is 3.40. The number of hydrogen-bond donors (Lipinski definition) is 1. The summed E-state index contributed by atoms with van der Waals surface area (Å²) in [4.78, 5) is 28.7. The molecule has 162 valence electrons. The van der Waals surface area contributed by atoms with Crippen LogP contribution in [0.2, 0.25) is 5.02 Å². The Morgan fingerprint density at radius 1 is 1.24 bits per heavy atom. The van der Waals surface area contributed by atoms with Crippen molar-refractivity contribution in [3.63, 3.8) is 0 Å². The van der Waals surface area contributed by atoms with E-state index < -0.39 is 16.1 Å². The number of amides is 2. The molecule has 1 saturated heterocycles.